The van der Waals surface area contributed by atoms with Crippen LogP contribution in [0.3, 0.4) is 0 Å². The fourth-order valence-corrected chi connectivity index (χ4v) is 5.30. The molecule has 0 radical (unpaired) electrons. The van der Waals surface area contributed by atoms with Crippen LogP contribution in [-0.2, 0) is 4.74 Å². The maximum atomic E-state index is 15.5. The van der Waals surface area contributed by atoms with Crippen LogP contribution in [0, 0.1) is 30.0 Å². The van der Waals surface area contributed by atoms with Crippen molar-refractivity contribution in [3.8, 4) is 12.1 Å². The average molecular weight is 502 g/mol. The molecule has 0 amide bonds. The third-order valence-electron chi connectivity index (χ3n) is 6.27. The van der Waals surface area contributed by atoms with Crippen LogP contribution in [0.1, 0.15) is 23.1 Å². The first-order valence-corrected chi connectivity index (χ1v) is 11.6. The molecule has 3 heterocycles. The Morgan fingerprint density at radius 2 is 2.23 bits per heavy atom. The van der Waals surface area contributed by atoms with Crippen LogP contribution in [0.4, 0.5) is 19.6 Å². The third-order valence-corrected chi connectivity index (χ3v) is 7.22. The van der Waals surface area contributed by atoms with E-state index in [0.29, 0.717) is 54.3 Å². The van der Waals surface area contributed by atoms with Crippen molar-refractivity contribution in [2.75, 3.05) is 30.4 Å². The van der Waals surface area contributed by atoms with E-state index in [9.17, 15) is 19.9 Å². The normalized spacial score (nSPS) is 20.8. The first kappa shape index (κ1) is 23.4. The molecule has 9 nitrogen and oxygen atoms in total. The second-order valence-corrected chi connectivity index (χ2v) is 9.47. The van der Waals surface area contributed by atoms with Gasteiger partial charge in [-0.2, -0.15) is 15.2 Å². The Morgan fingerprint density at radius 3 is 2.94 bits per heavy atom. The minimum absolute atomic E-state index is 0.0536. The van der Waals surface area contributed by atoms with E-state index in [4.69, 9.17) is 15.2 Å². The SMILES string of the molecule is Cc1c(/C=c2\c(C#N)c(N)s\c2=C/F)c(F)cc2c(N3CCOCC4CC43)nc(OC(O)O)nc12. The van der Waals surface area contributed by atoms with E-state index in [2.05, 4.69) is 9.97 Å². The number of thiophene rings is 1. The van der Waals surface area contributed by atoms with Gasteiger partial charge in [0.15, 0.2) is 0 Å². The van der Waals surface area contributed by atoms with Gasteiger partial charge in [0.25, 0.3) is 0 Å². The number of hydrogen-bond donors (Lipinski definition) is 3. The summed E-state index contributed by atoms with van der Waals surface area (Å²) in [6.07, 6.45) is 2.59. The van der Waals surface area contributed by atoms with Crippen LogP contribution in [0.25, 0.3) is 23.3 Å². The molecule has 1 saturated heterocycles. The van der Waals surface area contributed by atoms with Gasteiger partial charge in [-0.3, -0.25) is 0 Å². The maximum absolute atomic E-state index is 15.5. The number of aryl methyl sites for hydroxylation is 1. The number of ether oxygens (including phenoxy) is 2. The number of nitrogens with zero attached hydrogens (tertiary/aromatic N) is 4. The van der Waals surface area contributed by atoms with Gasteiger partial charge in [-0.1, -0.05) is 0 Å². The van der Waals surface area contributed by atoms with Crippen LogP contribution in [0.15, 0.2) is 6.07 Å². The minimum Gasteiger partial charge on any atom is -0.408 e. The molecule has 3 aromatic rings. The third kappa shape index (κ3) is 4.17. The molecular weight excluding hydrogens is 480 g/mol. The summed E-state index contributed by atoms with van der Waals surface area (Å²) in [5.74, 6) is 0.109. The number of aliphatic hydroxyl groups is 2. The molecule has 2 aliphatic rings. The van der Waals surface area contributed by atoms with Crippen molar-refractivity contribution in [1.82, 2.24) is 9.97 Å². The van der Waals surface area contributed by atoms with E-state index in [0.717, 1.165) is 17.8 Å². The summed E-state index contributed by atoms with van der Waals surface area (Å²) >= 11 is 0.889. The standard InChI is InChI=1S/C23H21F2N5O4S/c1-10-12(5-13-15(8-26)20(27)35-18(13)7-24)16(25)6-14-19(10)28-22(34-23(31)32)29-21(14)30-2-3-33-9-11-4-17(11)30/h5-7,11,17,23,31-32H,2-4,9,27H2,1H3/b13-5+,18-7-. The van der Waals surface area contributed by atoms with E-state index in [1.54, 1.807) is 6.92 Å². The minimum atomic E-state index is -2.15. The number of anilines is 2. The van der Waals surface area contributed by atoms with Crippen LogP contribution in [0.2, 0.25) is 0 Å². The second-order valence-electron chi connectivity index (χ2n) is 8.38. The van der Waals surface area contributed by atoms with Gasteiger partial charge >= 0.3 is 12.5 Å². The van der Waals surface area contributed by atoms with Gasteiger partial charge in [0, 0.05) is 34.7 Å². The molecular formula is C23H21F2N5O4S. The average Bonchev–Trinajstić information content (AvgIpc) is 3.54. The number of nitrogen functional groups attached to an aromatic ring is 1. The van der Waals surface area contributed by atoms with Crippen molar-refractivity contribution in [3.05, 3.63) is 38.3 Å². The van der Waals surface area contributed by atoms with Gasteiger partial charge in [0.2, 0.25) is 0 Å². The van der Waals surface area contributed by atoms with Crippen molar-refractivity contribution >= 4 is 45.5 Å². The van der Waals surface area contributed by atoms with E-state index >= 15 is 4.39 Å². The lowest BCUT2D eigenvalue weighted by Gasteiger charge is -2.25. The summed E-state index contributed by atoms with van der Waals surface area (Å²) < 4.78 is 39.7. The molecule has 0 bridgehead atoms. The number of nitriles is 1. The Hall–Kier alpha value is -3.37. The second kappa shape index (κ2) is 9.01. The largest absolute Gasteiger partial charge is 0.408 e. The molecule has 2 atom stereocenters. The zero-order chi connectivity index (χ0) is 24.9. The van der Waals surface area contributed by atoms with Crippen LogP contribution in [0.5, 0.6) is 6.01 Å². The zero-order valence-corrected chi connectivity index (χ0v) is 19.4. The van der Waals surface area contributed by atoms with Crippen molar-refractivity contribution in [2.24, 2.45) is 5.92 Å². The van der Waals surface area contributed by atoms with E-state index in [1.165, 1.54) is 12.1 Å². The molecule has 35 heavy (non-hydrogen) atoms. The highest BCUT2D eigenvalue weighted by molar-refractivity contribution is 7.14. The van der Waals surface area contributed by atoms with Crippen LogP contribution in [-0.4, -0.2) is 52.5 Å². The quantitative estimate of drug-likeness (QED) is 0.447. The highest BCUT2D eigenvalue weighted by Gasteiger charge is 2.44. The van der Waals surface area contributed by atoms with Crippen molar-refractivity contribution < 1.29 is 28.5 Å². The Kier molecular flexibility index (Phi) is 6.02. The molecule has 12 heteroatoms. The fourth-order valence-electron chi connectivity index (χ4n) is 4.49. The van der Waals surface area contributed by atoms with Crippen LogP contribution >= 0.6 is 11.3 Å². The van der Waals surface area contributed by atoms with E-state index in [1.807, 2.05) is 11.0 Å². The summed E-state index contributed by atoms with van der Waals surface area (Å²) in [4.78, 5) is 10.7. The number of aliphatic hydroxyl groups excluding tert-OH is 1. The Labute approximate surface area is 202 Å². The van der Waals surface area contributed by atoms with Crippen molar-refractivity contribution in [3.63, 3.8) is 0 Å². The smallest absolute Gasteiger partial charge is 0.323 e. The molecule has 5 rings (SSSR count). The molecule has 0 spiro atoms. The predicted molar refractivity (Wildman–Crippen MR) is 125 cm³/mol. The number of benzene rings is 1. The molecule has 182 valence electrons. The summed E-state index contributed by atoms with van der Waals surface area (Å²) in [5.41, 5.74) is 6.66. The lowest BCUT2D eigenvalue weighted by molar-refractivity contribution is -0.183. The van der Waals surface area contributed by atoms with Gasteiger partial charge in [-0.05, 0) is 31.1 Å². The summed E-state index contributed by atoms with van der Waals surface area (Å²) in [6, 6.07) is 3.09. The number of halogens is 2. The van der Waals surface area contributed by atoms with Gasteiger partial charge in [0.1, 0.15) is 29.0 Å². The lowest BCUT2D eigenvalue weighted by atomic mass is 10.0. The molecule has 1 saturated carbocycles. The molecule has 4 N–H and O–H groups in total. The number of aromatic nitrogens is 2. The Bertz CT molecular complexity index is 1490. The fraction of sp³-hybridized carbons (Fsp3) is 0.348. The molecule has 2 fully saturated rings. The van der Waals surface area contributed by atoms with E-state index < -0.39 is 12.3 Å². The Morgan fingerprint density at radius 1 is 1.43 bits per heavy atom. The molecule has 2 unspecified atom stereocenters. The zero-order valence-electron chi connectivity index (χ0n) is 18.5. The van der Waals surface area contributed by atoms with Gasteiger partial charge in [0.05, 0.1) is 28.8 Å². The molecule has 1 aliphatic heterocycles. The number of nitrogens with two attached hydrogens (primary N) is 1. The summed E-state index contributed by atoms with van der Waals surface area (Å²) in [6.45, 7) is 1.08. The Balaban J connectivity index is 1.76. The molecule has 2 aromatic heterocycles. The number of fused-ring (bicyclic) bond motifs is 2. The first-order valence-electron chi connectivity index (χ1n) is 10.8. The highest BCUT2D eigenvalue weighted by atomic mass is 32.1. The molecule has 1 aliphatic carbocycles. The number of rotatable bonds is 4. The lowest BCUT2D eigenvalue weighted by Crippen LogP contribution is -2.30. The van der Waals surface area contributed by atoms with Crippen LogP contribution < -0.4 is 25.1 Å². The van der Waals surface area contributed by atoms with E-state index in [-0.39, 0.29) is 37.9 Å². The monoisotopic (exact) mass is 501 g/mol. The van der Waals surface area contributed by atoms with Gasteiger partial charge < -0.3 is 30.3 Å². The van der Waals surface area contributed by atoms with Gasteiger partial charge in [-0.25, -0.2) is 8.78 Å². The summed E-state index contributed by atoms with van der Waals surface area (Å²) in [7, 11) is 0. The highest BCUT2D eigenvalue weighted by Crippen LogP contribution is 2.42. The van der Waals surface area contributed by atoms with Crippen molar-refractivity contribution in [1.29, 1.82) is 5.26 Å². The summed E-state index contributed by atoms with van der Waals surface area (Å²) in [5, 5.41) is 28.9. The topological polar surface area (TPSA) is 138 Å². The number of hydrogen-bond acceptors (Lipinski definition) is 10. The predicted octanol–water partition coefficient (Wildman–Crippen LogP) is 1.00. The van der Waals surface area contributed by atoms with Gasteiger partial charge in [-0.15, -0.1) is 11.3 Å². The van der Waals surface area contributed by atoms with Crippen molar-refractivity contribution in [2.45, 2.75) is 25.9 Å². The molecule has 1 aromatic carbocycles. The maximum Gasteiger partial charge on any atom is 0.323 e. The first-order chi connectivity index (χ1) is 16.8.